The lowest BCUT2D eigenvalue weighted by atomic mass is 10.2. The molecule has 0 spiro atoms. The van der Waals surface area contributed by atoms with Crippen LogP contribution in [-0.4, -0.2) is 61.9 Å². The highest BCUT2D eigenvalue weighted by atomic mass is 16.6. The number of nitro groups is 1. The molecule has 8 heteroatoms. The van der Waals surface area contributed by atoms with Gasteiger partial charge in [-0.1, -0.05) is 0 Å². The molecule has 0 radical (unpaired) electrons. The van der Waals surface area contributed by atoms with Crippen molar-refractivity contribution < 1.29 is 23.9 Å². The zero-order valence-electron chi connectivity index (χ0n) is 12.3. The highest BCUT2D eigenvalue weighted by molar-refractivity contribution is 5.71. The minimum absolute atomic E-state index is 0.0190. The average Bonchev–Trinajstić information content (AvgIpc) is 2.53. The fourth-order valence-electron chi connectivity index (χ4n) is 2.13. The number of esters is 1. The first-order chi connectivity index (χ1) is 10.6. The van der Waals surface area contributed by atoms with E-state index in [4.69, 9.17) is 9.47 Å². The van der Waals surface area contributed by atoms with Gasteiger partial charge in [-0.25, -0.2) is 0 Å². The summed E-state index contributed by atoms with van der Waals surface area (Å²) < 4.78 is 15.8. The number of hydrogen-bond acceptors (Lipinski definition) is 7. The van der Waals surface area contributed by atoms with Gasteiger partial charge >= 0.3 is 5.97 Å². The van der Waals surface area contributed by atoms with Gasteiger partial charge in [0.05, 0.1) is 25.2 Å². The Morgan fingerprint density at radius 2 is 2.18 bits per heavy atom. The number of methoxy groups -OCH3 is 1. The average molecular weight is 310 g/mol. The summed E-state index contributed by atoms with van der Waals surface area (Å²) in [6, 6.07) is 5.88. The summed E-state index contributed by atoms with van der Waals surface area (Å²) in [6.45, 7) is 2.31. The van der Waals surface area contributed by atoms with Crippen molar-refractivity contribution in [3.8, 4) is 5.75 Å². The quantitative estimate of drug-likeness (QED) is 0.437. The van der Waals surface area contributed by atoms with E-state index in [0.29, 0.717) is 32.1 Å². The summed E-state index contributed by atoms with van der Waals surface area (Å²) in [6.07, 6.45) is -0.159. The molecule has 1 aliphatic rings. The van der Waals surface area contributed by atoms with Crippen molar-refractivity contribution in [2.24, 2.45) is 0 Å². The third-order valence-electron chi connectivity index (χ3n) is 3.29. The van der Waals surface area contributed by atoms with Crippen LogP contribution < -0.4 is 4.74 Å². The second kappa shape index (κ2) is 7.71. The molecule has 22 heavy (non-hydrogen) atoms. The molecule has 2 rings (SSSR count). The fourth-order valence-corrected chi connectivity index (χ4v) is 2.13. The lowest BCUT2D eigenvalue weighted by molar-refractivity contribution is -0.384. The topological polar surface area (TPSA) is 91.1 Å². The van der Waals surface area contributed by atoms with E-state index in [1.807, 2.05) is 4.90 Å². The molecule has 1 aromatic carbocycles. The van der Waals surface area contributed by atoms with Crippen LogP contribution in [0.25, 0.3) is 0 Å². The predicted molar refractivity (Wildman–Crippen MR) is 76.8 cm³/mol. The number of ether oxygens (including phenoxy) is 3. The van der Waals surface area contributed by atoms with Crippen LogP contribution in [0.5, 0.6) is 5.75 Å². The number of carbonyl (C=O) groups is 1. The Morgan fingerprint density at radius 1 is 1.45 bits per heavy atom. The summed E-state index contributed by atoms with van der Waals surface area (Å²) >= 11 is 0. The maximum Gasteiger partial charge on any atom is 0.319 e. The van der Waals surface area contributed by atoms with Crippen molar-refractivity contribution in [2.75, 3.05) is 40.0 Å². The number of nitro benzene ring substituents is 1. The minimum atomic E-state index is -0.460. The van der Waals surface area contributed by atoms with E-state index < -0.39 is 4.92 Å². The summed E-state index contributed by atoms with van der Waals surface area (Å²) in [5, 5.41) is 10.6. The number of nitrogens with zero attached hydrogens (tertiary/aromatic N) is 2. The Hall–Kier alpha value is -2.19. The fraction of sp³-hybridized carbons (Fsp3) is 0.500. The summed E-state index contributed by atoms with van der Waals surface area (Å²) in [5.41, 5.74) is 0.0190. The molecule has 120 valence electrons. The Morgan fingerprint density at radius 3 is 2.82 bits per heavy atom. The first-order valence-corrected chi connectivity index (χ1v) is 6.86. The molecule has 0 aromatic heterocycles. The predicted octanol–water partition coefficient (Wildman–Crippen LogP) is 0.847. The lowest BCUT2D eigenvalue weighted by Crippen LogP contribution is -2.46. The maximum absolute atomic E-state index is 11.3. The molecule has 0 bridgehead atoms. The molecule has 1 aromatic rings. The standard InChI is InChI=1S/C14H18N2O6/c1-20-14(17)9-15-6-7-21-13(8-15)10-22-12-4-2-11(3-5-12)16(18)19/h2-5,13H,6-10H2,1H3/t13-/m0/s1. The van der Waals surface area contributed by atoms with Crippen molar-refractivity contribution in [3.63, 3.8) is 0 Å². The van der Waals surface area contributed by atoms with Gasteiger partial charge in [0.15, 0.2) is 0 Å². The molecule has 0 amide bonds. The second-order valence-electron chi connectivity index (χ2n) is 4.87. The van der Waals surface area contributed by atoms with Crippen molar-refractivity contribution in [1.29, 1.82) is 0 Å². The molecule has 1 atom stereocenters. The van der Waals surface area contributed by atoms with Crippen LogP contribution in [-0.2, 0) is 14.3 Å². The van der Waals surface area contributed by atoms with Gasteiger partial charge in [0, 0.05) is 25.2 Å². The number of morpholine rings is 1. The number of non-ortho nitro benzene ring substituents is 1. The van der Waals surface area contributed by atoms with Crippen molar-refractivity contribution >= 4 is 11.7 Å². The number of carbonyl (C=O) groups excluding carboxylic acids is 1. The molecule has 0 aliphatic carbocycles. The molecule has 0 saturated carbocycles. The van der Waals surface area contributed by atoms with Gasteiger partial charge in [-0.2, -0.15) is 0 Å². The van der Waals surface area contributed by atoms with Crippen molar-refractivity contribution in [2.45, 2.75) is 6.10 Å². The first kappa shape index (κ1) is 16.2. The smallest absolute Gasteiger partial charge is 0.319 e. The highest BCUT2D eigenvalue weighted by Crippen LogP contribution is 2.18. The van der Waals surface area contributed by atoms with Crippen LogP contribution in [0, 0.1) is 10.1 Å². The first-order valence-electron chi connectivity index (χ1n) is 6.86. The van der Waals surface area contributed by atoms with E-state index in [1.54, 1.807) is 12.1 Å². The zero-order chi connectivity index (χ0) is 15.9. The Kier molecular flexibility index (Phi) is 5.68. The third-order valence-corrected chi connectivity index (χ3v) is 3.29. The van der Waals surface area contributed by atoms with Gasteiger partial charge in [0.1, 0.15) is 18.5 Å². The molecule has 8 nitrogen and oxygen atoms in total. The molecular weight excluding hydrogens is 292 g/mol. The van der Waals surface area contributed by atoms with Crippen molar-refractivity contribution in [3.05, 3.63) is 34.4 Å². The van der Waals surface area contributed by atoms with Gasteiger partial charge < -0.3 is 14.2 Å². The molecular formula is C14H18N2O6. The third kappa shape index (κ3) is 4.68. The molecule has 1 aliphatic heterocycles. The lowest BCUT2D eigenvalue weighted by Gasteiger charge is -2.31. The summed E-state index contributed by atoms with van der Waals surface area (Å²) in [7, 11) is 1.36. The normalized spacial score (nSPS) is 18.7. The Balaban J connectivity index is 1.80. The van der Waals surface area contributed by atoms with Gasteiger partial charge in [-0.15, -0.1) is 0 Å². The van der Waals surface area contributed by atoms with Crippen LogP contribution in [0.2, 0.25) is 0 Å². The van der Waals surface area contributed by atoms with E-state index in [-0.39, 0.29) is 24.3 Å². The highest BCUT2D eigenvalue weighted by Gasteiger charge is 2.23. The molecule has 1 heterocycles. The molecule has 0 unspecified atom stereocenters. The van der Waals surface area contributed by atoms with E-state index in [0.717, 1.165) is 0 Å². The van der Waals surface area contributed by atoms with Crippen LogP contribution in [0.4, 0.5) is 5.69 Å². The van der Waals surface area contributed by atoms with Gasteiger partial charge in [-0.3, -0.25) is 19.8 Å². The maximum atomic E-state index is 11.3. The van der Waals surface area contributed by atoms with E-state index in [9.17, 15) is 14.9 Å². The SMILES string of the molecule is COC(=O)CN1CCO[C@H](COc2ccc([N+](=O)[O-])cc2)C1. The number of benzene rings is 1. The van der Waals surface area contributed by atoms with Gasteiger partial charge in [-0.05, 0) is 12.1 Å². The molecule has 1 fully saturated rings. The van der Waals surface area contributed by atoms with Gasteiger partial charge in [0.2, 0.25) is 0 Å². The van der Waals surface area contributed by atoms with E-state index >= 15 is 0 Å². The van der Waals surface area contributed by atoms with Crippen LogP contribution in [0.15, 0.2) is 24.3 Å². The monoisotopic (exact) mass is 310 g/mol. The molecule has 0 N–H and O–H groups in total. The Labute approximate surface area is 127 Å². The van der Waals surface area contributed by atoms with Crippen LogP contribution in [0.1, 0.15) is 0 Å². The van der Waals surface area contributed by atoms with E-state index in [1.165, 1.54) is 19.2 Å². The minimum Gasteiger partial charge on any atom is -0.491 e. The summed E-state index contributed by atoms with van der Waals surface area (Å²) in [4.78, 5) is 23.3. The van der Waals surface area contributed by atoms with Gasteiger partial charge in [0.25, 0.3) is 5.69 Å². The number of rotatable bonds is 6. The van der Waals surface area contributed by atoms with Crippen LogP contribution in [0.3, 0.4) is 0 Å². The van der Waals surface area contributed by atoms with Crippen LogP contribution >= 0.6 is 0 Å². The molecule has 1 saturated heterocycles. The Bertz CT molecular complexity index is 519. The second-order valence-corrected chi connectivity index (χ2v) is 4.87. The van der Waals surface area contributed by atoms with E-state index in [2.05, 4.69) is 4.74 Å². The summed E-state index contributed by atoms with van der Waals surface area (Å²) in [5.74, 6) is 0.260. The van der Waals surface area contributed by atoms with Crippen molar-refractivity contribution in [1.82, 2.24) is 4.90 Å². The largest absolute Gasteiger partial charge is 0.491 e. The number of hydrogen-bond donors (Lipinski definition) is 0. The zero-order valence-corrected chi connectivity index (χ0v) is 12.3.